The summed E-state index contributed by atoms with van der Waals surface area (Å²) in [4.78, 5) is 6.58. The van der Waals surface area contributed by atoms with Gasteiger partial charge in [0.25, 0.3) is 5.95 Å². The zero-order valence-electron chi connectivity index (χ0n) is 13.1. The second kappa shape index (κ2) is 5.88. The van der Waals surface area contributed by atoms with E-state index in [4.69, 9.17) is 0 Å². The van der Waals surface area contributed by atoms with E-state index < -0.39 is 0 Å². The maximum Gasteiger partial charge on any atom is 0.252 e. The van der Waals surface area contributed by atoms with Gasteiger partial charge in [0.1, 0.15) is 5.82 Å². The van der Waals surface area contributed by atoms with Crippen LogP contribution in [0.1, 0.15) is 12.5 Å². The SMILES string of the molecule is CC1Cc2ccccc2N1c1nncc(Nc2ccccc2F)n1. The van der Waals surface area contributed by atoms with Crippen LogP contribution >= 0.6 is 0 Å². The van der Waals surface area contributed by atoms with Gasteiger partial charge in [-0.05, 0) is 37.1 Å². The molecule has 1 atom stereocenters. The highest BCUT2D eigenvalue weighted by Gasteiger charge is 2.29. The summed E-state index contributed by atoms with van der Waals surface area (Å²) in [6, 6.07) is 14.9. The molecule has 0 bridgehead atoms. The minimum atomic E-state index is -0.336. The predicted octanol–water partition coefficient (Wildman–Crippen LogP) is 3.84. The molecule has 1 aliphatic heterocycles. The normalized spacial score (nSPS) is 16.1. The molecule has 2 aromatic carbocycles. The fraction of sp³-hybridized carbons (Fsp3) is 0.167. The summed E-state index contributed by atoms with van der Waals surface area (Å²) in [7, 11) is 0. The summed E-state index contributed by atoms with van der Waals surface area (Å²) in [5.74, 6) is 0.632. The number of anilines is 4. The maximum atomic E-state index is 13.8. The van der Waals surface area contributed by atoms with Crippen LogP contribution < -0.4 is 10.2 Å². The molecular weight excluding hydrogens is 305 g/mol. The van der Waals surface area contributed by atoms with E-state index in [1.54, 1.807) is 18.2 Å². The lowest BCUT2D eigenvalue weighted by atomic mass is 10.1. The topological polar surface area (TPSA) is 53.9 Å². The number of hydrogen-bond acceptors (Lipinski definition) is 5. The van der Waals surface area contributed by atoms with Crippen LogP contribution in [0.2, 0.25) is 0 Å². The van der Waals surface area contributed by atoms with E-state index in [0.717, 1.165) is 12.1 Å². The first-order valence-electron chi connectivity index (χ1n) is 7.81. The van der Waals surface area contributed by atoms with Crippen molar-refractivity contribution in [2.45, 2.75) is 19.4 Å². The number of para-hydroxylation sites is 2. The second-order valence-corrected chi connectivity index (χ2v) is 5.80. The van der Waals surface area contributed by atoms with Crippen LogP contribution in [0.4, 0.5) is 27.5 Å². The van der Waals surface area contributed by atoms with E-state index in [1.807, 2.05) is 12.1 Å². The van der Waals surface area contributed by atoms with Crippen molar-refractivity contribution < 1.29 is 4.39 Å². The average Bonchev–Trinajstić information content (AvgIpc) is 2.93. The molecule has 0 saturated heterocycles. The van der Waals surface area contributed by atoms with Gasteiger partial charge >= 0.3 is 0 Å². The molecule has 6 heteroatoms. The van der Waals surface area contributed by atoms with Gasteiger partial charge in [-0.15, -0.1) is 5.10 Å². The number of nitrogens with one attached hydrogen (secondary N) is 1. The summed E-state index contributed by atoms with van der Waals surface area (Å²) in [5, 5.41) is 11.1. The Labute approximate surface area is 139 Å². The summed E-state index contributed by atoms with van der Waals surface area (Å²) in [6.07, 6.45) is 2.42. The third-order valence-electron chi connectivity index (χ3n) is 4.11. The molecule has 120 valence electrons. The molecule has 1 N–H and O–H groups in total. The van der Waals surface area contributed by atoms with Gasteiger partial charge in [-0.1, -0.05) is 30.3 Å². The molecular formula is C18H16FN5. The highest BCUT2D eigenvalue weighted by Crippen LogP contribution is 2.36. The van der Waals surface area contributed by atoms with Crippen molar-refractivity contribution in [2.75, 3.05) is 10.2 Å². The first kappa shape index (κ1) is 14.6. The number of halogens is 1. The number of rotatable bonds is 3. The fourth-order valence-corrected chi connectivity index (χ4v) is 3.03. The molecule has 0 fully saturated rings. The van der Waals surface area contributed by atoms with Gasteiger partial charge in [-0.2, -0.15) is 10.1 Å². The highest BCUT2D eigenvalue weighted by atomic mass is 19.1. The smallest absolute Gasteiger partial charge is 0.252 e. The van der Waals surface area contributed by atoms with Crippen LogP contribution in [0.15, 0.2) is 54.7 Å². The standard InChI is InChI=1S/C18H16FN5/c1-12-10-13-6-2-5-9-16(13)24(12)18-22-17(11-20-23-18)21-15-8-4-3-7-14(15)19/h2-9,11-12H,10H2,1H3,(H,21,22,23). The molecule has 1 aromatic heterocycles. The quantitative estimate of drug-likeness (QED) is 0.794. The summed E-state index contributed by atoms with van der Waals surface area (Å²) in [5.41, 5.74) is 2.72. The van der Waals surface area contributed by atoms with Crippen molar-refractivity contribution in [3.05, 3.63) is 66.1 Å². The molecule has 0 spiro atoms. The lowest BCUT2D eigenvalue weighted by Crippen LogP contribution is -2.26. The van der Waals surface area contributed by atoms with Crippen LogP contribution in [0.25, 0.3) is 0 Å². The predicted molar refractivity (Wildman–Crippen MR) is 91.3 cm³/mol. The number of nitrogens with zero attached hydrogens (tertiary/aromatic N) is 4. The minimum absolute atomic E-state index is 0.243. The minimum Gasteiger partial charge on any atom is -0.336 e. The Balaban J connectivity index is 1.67. The molecule has 1 aliphatic rings. The number of aromatic nitrogens is 3. The first-order chi connectivity index (χ1) is 11.7. The van der Waals surface area contributed by atoms with Gasteiger partial charge in [0.15, 0.2) is 5.82 Å². The lowest BCUT2D eigenvalue weighted by Gasteiger charge is -2.22. The lowest BCUT2D eigenvalue weighted by molar-refractivity contribution is 0.631. The Morgan fingerprint density at radius 2 is 1.92 bits per heavy atom. The molecule has 24 heavy (non-hydrogen) atoms. The average molecular weight is 321 g/mol. The molecule has 0 aliphatic carbocycles. The van der Waals surface area contributed by atoms with E-state index in [-0.39, 0.29) is 11.9 Å². The number of benzene rings is 2. The van der Waals surface area contributed by atoms with Crippen LogP contribution in [0.5, 0.6) is 0 Å². The zero-order chi connectivity index (χ0) is 16.5. The van der Waals surface area contributed by atoms with Gasteiger partial charge in [0.05, 0.1) is 11.9 Å². The van der Waals surface area contributed by atoms with E-state index in [9.17, 15) is 4.39 Å². The highest BCUT2D eigenvalue weighted by molar-refractivity contribution is 5.68. The van der Waals surface area contributed by atoms with E-state index in [1.165, 1.54) is 17.8 Å². The molecule has 5 nitrogen and oxygen atoms in total. The Kier molecular flexibility index (Phi) is 3.57. The molecule has 0 radical (unpaired) electrons. The molecule has 3 aromatic rings. The van der Waals surface area contributed by atoms with E-state index >= 15 is 0 Å². The third-order valence-corrected chi connectivity index (χ3v) is 4.11. The van der Waals surface area contributed by atoms with E-state index in [2.05, 4.69) is 44.5 Å². The van der Waals surface area contributed by atoms with Crippen molar-refractivity contribution in [3.63, 3.8) is 0 Å². The molecule has 2 heterocycles. The zero-order valence-corrected chi connectivity index (χ0v) is 13.1. The molecule has 4 rings (SSSR count). The van der Waals surface area contributed by atoms with Crippen molar-refractivity contribution in [1.82, 2.24) is 15.2 Å². The van der Waals surface area contributed by atoms with Gasteiger partial charge in [0, 0.05) is 11.7 Å². The maximum absolute atomic E-state index is 13.8. The Hall–Kier alpha value is -3.02. The molecule has 0 saturated carbocycles. The van der Waals surface area contributed by atoms with Crippen LogP contribution in [0, 0.1) is 5.82 Å². The van der Waals surface area contributed by atoms with Gasteiger partial charge in [0.2, 0.25) is 0 Å². The van der Waals surface area contributed by atoms with Gasteiger partial charge in [-0.25, -0.2) is 4.39 Å². The van der Waals surface area contributed by atoms with Crippen LogP contribution in [-0.4, -0.2) is 21.2 Å². The van der Waals surface area contributed by atoms with Crippen LogP contribution in [-0.2, 0) is 6.42 Å². The van der Waals surface area contributed by atoms with Crippen molar-refractivity contribution in [1.29, 1.82) is 0 Å². The van der Waals surface area contributed by atoms with Crippen molar-refractivity contribution >= 4 is 23.1 Å². The number of hydrogen-bond donors (Lipinski definition) is 1. The molecule has 0 amide bonds. The first-order valence-corrected chi connectivity index (χ1v) is 7.81. The fourth-order valence-electron chi connectivity index (χ4n) is 3.03. The Morgan fingerprint density at radius 1 is 1.12 bits per heavy atom. The van der Waals surface area contributed by atoms with Crippen molar-refractivity contribution in [2.24, 2.45) is 0 Å². The van der Waals surface area contributed by atoms with E-state index in [0.29, 0.717) is 17.5 Å². The van der Waals surface area contributed by atoms with Crippen LogP contribution in [0.3, 0.4) is 0 Å². The summed E-state index contributed by atoms with van der Waals surface area (Å²) >= 11 is 0. The Bertz CT molecular complexity index is 883. The Morgan fingerprint density at radius 3 is 2.79 bits per heavy atom. The summed E-state index contributed by atoms with van der Waals surface area (Å²) in [6.45, 7) is 2.13. The number of fused-ring (bicyclic) bond motifs is 1. The second-order valence-electron chi connectivity index (χ2n) is 5.80. The van der Waals surface area contributed by atoms with Gasteiger partial charge < -0.3 is 10.2 Å². The van der Waals surface area contributed by atoms with Gasteiger partial charge in [-0.3, -0.25) is 0 Å². The third kappa shape index (κ3) is 2.56. The summed E-state index contributed by atoms with van der Waals surface area (Å²) < 4.78 is 13.8. The largest absolute Gasteiger partial charge is 0.336 e. The molecule has 1 unspecified atom stereocenters. The van der Waals surface area contributed by atoms with Crippen molar-refractivity contribution in [3.8, 4) is 0 Å². The monoisotopic (exact) mass is 321 g/mol.